The summed E-state index contributed by atoms with van der Waals surface area (Å²) in [5.74, 6) is 4.53. The van der Waals surface area contributed by atoms with Gasteiger partial charge in [-0.3, -0.25) is 0 Å². The van der Waals surface area contributed by atoms with Crippen LogP contribution in [-0.2, 0) is 3.63 Å². The minimum absolute atomic E-state index is 1.09. The van der Waals surface area contributed by atoms with E-state index in [1.54, 1.807) is 24.1 Å². The van der Waals surface area contributed by atoms with Gasteiger partial charge in [0.1, 0.15) is 0 Å². The van der Waals surface area contributed by atoms with Gasteiger partial charge in [-0.15, -0.1) is 0 Å². The highest BCUT2D eigenvalue weighted by Gasteiger charge is 1.90. The first-order valence-electron chi connectivity index (χ1n) is 3.30. The van der Waals surface area contributed by atoms with Crippen LogP contribution in [0, 0.1) is 0 Å². The van der Waals surface area contributed by atoms with Gasteiger partial charge in [-0.2, -0.15) is 23.5 Å². The molecule has 1 nitrogen and oxygen atoms in total. The quantitative estimate of drug-likeness (QED) is 0.467. The van der Waals surface area contributed by atoms with E-state index in [2.05, 4.69) is 12.5 Å². The van der Waals surface area contributed by atoms with Gasteiger partial charge in [-0.1, -0.05) is 0 Å². The normalized spacial score (nSPS) is 10.4. The Labute approximate surface area is 86.6 Å². The largest absolute Gasteiger partial charge is 0.247 e. The predicted octanol–water partition coefficient (Wildman–Crippen LogP) is 3.03. The molecule has 0 aliphatic carbocycles. The fourth-order valence-corrected chi connectivity index (χ4v) is 3.03. The SMILES string of the molecule is CSCCSOSCCSC. The van der Waals surface area contributed by atoms with Crippen LogP contribution in [0.3, 0.4) is 0 Å². The maximum Gasteiger partial charge on any atom is 0.0301 e. The van der Waals surface area contributed by atoms with E-state index >= 15 is 0 Å². The molecule has 0 atom stereocenters. The molecule has 68 valence electrons. The Morgan fingerprint density at radius 1 is 0.818 bits per heavy atom. The molecular formula is C6H14OS4. The molecule has 0 spiro atoms. The van der Waals surface area contributed by atoms with E-state index < -0.39 is 0 Å². The van der Waals surface area contributed by atoms with Crippen molar-refractivity contribution in [2.75, 3.05) is 35.5 Å². The van der Waals surface area contributed by atoms with Crippen LogP contribution in [0.2, 0.25) is 0 Å². The van der Waals surface area contributed by atoms with Crippen molar-refractivity contribution in [2.24, 2.45) is 0 Å². The second kappa shape index (κ2) is 11.4. The molecule has 0 aromatic rings. The molecule has 0 unspecified atom stereocenters. The maximum absolute atomic E-state index is 5.24. The summed E-state index contributed by atoms with van der Waals surface area (Å²) in [7, 11) is 0. The molecule has 0 radical (unpaired) electrons. The topological polar surface area (TPSA) is 9.23 Å². The molecule has 0 aliphatic heterocycles. The molecule has 0 aliphatic rings. The molecule has 0 aromatic heterocycles. The summed E-state index contributed by atoms with van der Waals surface area (Å²) < 4.78 is 5.24. The smallest absolute Gasteiger partial charge is 0.0301 e. The first-order chi connectivity index (χ1) is 5.41. The first kappa shape index (κ1) is 12.4. The van der Waals surface area contributed by atoms with Crippen LogP contribution in [-0.4, -0.2) is 35.5 Å². The van der Waals surface area contributed by atoms with Crippen molar-refractivity contribution in [3.8, 4) is 0 Å². The van der Waals surface area contributed by atoms with Crippen molar-refractivity contribution in [3.63, 3.8) is 0 Å². The van der Waals surface area contributed by atoms with Gasteiger partial charge in [-0.05, 0) is 12.5 Å². The molecule has 0 N–H and O–H groups in total. The van der Waals surface area contributed by atoms with Crippen molar-refractivity contribution in [1.29, 1.82) is 0 Å². The lowest BCUT2D eigenvalue weighted by Gasteiger charge is -1.98. The van der Waals surface area contributed by atoms with Gasteiger partial charge in [0.15, 0.2) is 0 Å². The van der Waals surface area contributed by atoms with Crippen molar-refractivity contribution in [2.45, 2.75) is 0 Å². The number of hydrogen-bond acceptors (Lipinski definition) is 5. The summed E-state index contributed by atoms with van der Waals surface area (Å²) >= 11 is 6.83. The van der Waals surface area contributed by atoms with E-state index in [9.17, 15) is 0 Å². The van der Waals surface area contributed by atoms with Gasteiger partial charge >= 0.3 is 0 Å². The Morgan fingerprint density at radius 3 is 1.64 bits per heavy atom. The lowest BCUT2D eigenvalue weighted by molar-refractivity contribution is 0.760. The first-order valence-corrected chi connectivity index (χ1v) is 7.91. The Hall–Kier alpha value is 1.36. The highest BCUT2D eigenvalue weighted by Crippen LogP contribution is 2.16. The predicted molar refractivity (Wildman–Crippen MR) is 62.8 cm³/mol. The summed E-state index contributed by atoms with van der Waals surface area (Å²) in [6, 6.07) is 0. The molecule has 0 bridgehead atoms. The van der Waals surface area contributed by atoms with Crippen LogP contribution in [0.25, 0.3) is 0 Å². The van der Waals surface area contributed by atoms with E-state index in [1.165, 1.54) is 11.5 Å². The summed E-state index contributed by atoms with van der Waals surface area (Å²) in [5.41, 5.74) is 0. The Morgan fingerprint density at radius 2 is 1.27 bits per heavy atom. The van der Waals surface area contributed by atoms with Crippen LogP contribution >= 0.6 is 47.6 Å². The fourth-order valence-electron chi connectivity index (χ4n) is 0.337. The Kier molecular flexibility index (Phi) is 12.8. The van der Waals surface area contributed by atoms with Gasteiger partial charge in [0.25, 0.3) is 0 Å². The standard InChI is InChI=1S/C6H14OS4/c1-8-3-5-10-7-11-6-4-9-2/h3-6H2,1-2H3. The number of rotatable bonds is 8. The van der Waals surface area contributed by atoms with Crippen LogP contribution in [0.4, 0.5) is 0 Å². The summed E-state index contributed by atoms with van der Waals surface area (Å²) in [6.45, 7) is 0. The third kappa shape index (κ3) is 11.4. The van der Waals surface area contributed by atoms with Gasteiger partial charge in [0.2, 0.25) is 0 Å². The summed E-state index contributed by atoms with van der Waals surface area (Å²) in [5, 5.41) is 0. The Balaban J connectivity index is 2.69. The van der Waals surface area contributed by atoms with Gasteiger partial charge in [0, 0.05) is 47.1 Å². The molecule has 0 amide bonds. The van der Waals surface area contributed by atoms with Crippen LogP contribution in [0.1, 0.15) is 0 Å². The van der Waals surface area contributed by atoms with E-state index in [-0.39, 0.29) is 0 Å². The van der Waals surface area contributed by atoms with E-state index in [0.717, 1.165) is 11.5 Å². The highest BCUT2D eigenvalue weighted by atomic mass is 32.2. The van der Waals surface area contributed by atoms with Crippen molar-refractivity contribution < 1.29 is 3.63 Å². The second-order valence-corrected chi connectivity index (χ2v) is 5.50. The molecule has 11 heavy (non-hydrogen) atoms. The zero-order valence-corrected chi connectivity index (χ0v) is 10.1. The summed E-state index contributed by atoms with van der Waals surface area (Å²) in [4.78, 5) is 0. The molecule has 0 heterocycles. The zero-order valence-electron chi connectivity index (χ0n) is 6.87. The average Bonchev–Trinajstić information content (AvgIpc) is 2.03. The third-order valence-corrected chi connectivity index (χ3v) is 4.09. The third-order valence-electron chi connectivity index (χ3n) is 0.838. The van der Waals surface area contributed by atoms with Crippen LogP contribution in [0.15, 0.2) is 0 Å². The number of thioether (sulfide) groups is 2. The molecule has 0 rings (SSSR count). The molecule has 0 fully saturated rings. The van der Waals surface area contributed by atoms with E-state index in [0.29, 0.717) is 0 Å². The van der Waals surface area contributed by atoms with Gasteiger partial charge in [-0.25, -0.2) is 3.63 Å². The maximum atomic E-state index is 5.24. The molecule has 0 saturated carbocycles. The van der Waals surface area contributed by atoms with E-state index in [4.69, 9.17) is 3.63 Å². The average molecular weight is 230 g/mol. The lowest BCUT2D eigenvalue weighted by atomic mass is 11.0. The van der Waals surface area contributed by atoms with Gasteiger partial charge < -0.3 is 0 Å². The zero-order chi connectivity index (χ0) is 8.36. The molecule has 5 heteroatoms. The molecule has 0 aromatic carbocycles. The fraction of sp³-hybridized carbons (Fsp3) is 1.00. The Bertz CT molecular complexity index is 63.6. The highest BCUT2D eigenvalue weighted by molar-refractivity contribution is 8.09. The second-order valence-electron chi connectivity index (χ2n) is 1.70. The minimum Gasteiger partial charge on any atom is -0.247 e. The minimum atomic E-state index is 1.09. The number of hydrogen-bond donors (Lipinski definition) is 0. The lowest BCUT2D eigenvalue weighted by Crippen LogP contribution is -1.84. The summed E-state index contributed by atoms with van der Waals surface area (Å²) in [6.07, 6.45) is 4.23. The molecule has 0 saturated heterocycles. The van der Waals surface area contributed by atoms with Crippen molar-refractivity contribution in [3.05, 3.63) is 0 Å². The van der Waals surface area contributed by atoms with Crippen LogP contribution < -0.4 is 0 Å². The van der Waals surface area contributed by atoms with Crippen molar-refractivity contribution >= 4 is 47.6 Å². The molecular weight excluding hydrogens is 216 g/mol. The monoisotopic (exact) mass is 230 g/mol. The van der Waals surface area contributed by atoms with E-state index in [1.807, 2.05) is 23.5 Å². The van der Waals surface area contributed by atoms with Crippen molar-refractivity contribution in [1.82, 2.24) is 0 Å². The van der Waals surface area contributed by atoms with Crippen LogP contribution in [0.5, 0.6) is 0 Å². The van der Waals surface area contributed by atoms with Gasteiger partial charge in [0.05, 0.1) is 0 Å².